The van der Waals surface area contributed by atoms with Gasteiger partial charge in [-0.1, -0.05) is 28.1 Å². The van der Waals surface area contributed by atoms with Crippen LogP contribution in [0.5, 0.6) is 5.75 Å². The van der Waals surface area contributed by atoms with Gasteiger partial charge < -0.3 is 14.3 Å². The summed E-state index contributed by atoms with van der Waals surface area (Å²) in [6.07, 6.45) is 0. The van der Waals surface area contributed by atoms with Gasteiger partial charge in [-0.2, -0.15) is 0 Å². The van der Waals surface area contributed by atoms with E-state index in [4.69, 9.17) is 17.0 Å². The largest absolute Gasteiger partial charge is 0.494 e. The zero-order valence-corrected chi connectivity index (χ0v) is 13.6. The summed E-state index contributed by atoms with van der Waals surface area (Å²) >= 11 is 8.75. The number of fused-ring (bicyclic) bond motifs is 1. The number of hydrogen-bond donors (Lipinski definition) is 1. The Morgan fingerprint density at radius 1 is 1.29 bits per heavy atom. The second-order valence-corrected chi connectivity index (χ2v) is 5.95. The first-order valence-electron chi connectivity index (χ1n) is 6.29. The van der Waals surface area contributed by atoms with E-state index in [1.807, 2.05) is 28.8 Å². The van der Waals surface area contributed by atoms with Gasteiger partial charge >= 0.3 is 0 Å². The number of ether oxygens (including phenoxy) is 1. The Labute approximate surface area is 134 Å². The smallest absolute Gasteiger partial charge is 0.178 e. The Balaban J connectivity index is 2.11. The number of imidazole rings is 1. The monoisotopic (exact) mass is 366 g/mol. The zero-order chi connectivity index (χ0) is 15.0. The minimum absolute atomic E-state index is 0.209. The molecule has 3 rings (SSSR count). The topological polar surface area (TPSA) is 29.9 Å². The van der Waals surface area contributed by atoms with Crippen LogP contribution in [0.4, 0.5) is 4.39 Å². The quantitative estimate of drug-likeness (QED) is 0.683. The number of nitrogens with zero attached hydrogens (tertiary/aromatic N) is 1. The lowest BCUT2D eigenvalue weighted by Gasteiger charge is -2.07. The molecule has 0 aliphatic carbocycles. The summed E-state index contributed by atoms with van der Waals surface area (Å²) in [5.41, 5.74) is 2.59. The molecule has 21 heavy (non-hydrogen) atoms. The van der Waals surface area contributed by atoms with Crippen molar-refractivity contribution < 1.29 is 9.13 Å². The van der Waals surface area contributed by atoms with E-state index in [0.29, 0.717) is 16.8 Å². The van der Waals surface area contributed by atoms with Crippen LogP contribution >= 0.6 is 28.1 Å². The van der Waals surface area contributed by atoms with Gasteiger partial charge in [0.25, 0.3) is 0 Å². The minimum Gasteiger partial charge on any atom is -0.494 e. The molecule has 0 fully saturated rings. The number of rotatable bonds is 3. The summed E-state index contributed by atoms with van der Waals surface area (Å²) in [6, 6.07) is 11.1. The molecule has 108 valence electrons. The summed E-state index contributed by atoms with van der Waals surface area (Å²) in [6.45, 7) is 0.612. The molecule has 0 aliphatic rings. The van der Waals surface area contributed by atoms with Crippen LogP contribution < -0.4 is 4.74 Å². The lowest BCUT2D eigenvalue weighted by molar-refractivity contribution is 0.387. The van der Waals surface area contributed by atoms with Crippen molar-refractivity contribution in [1.82, 2.24) is 9.55 Å². The Kier molecular flexibility index (Phi) is 3.82. The van der Waals surface area contributed by atoms with Crippen molar-refractivity contribution >= 4 is 39.2 Å². The molecule has 0 amide bonds. The van der Waals surface area contributed by atoms with Crippen LogP contribution in [0.3, 0.4) is 0 Å². The molecule has 0 spiro atoms. The molecule has 0 radical (unpaired) electrons. The fraction of sp³-hybridized carbons (Fsp3) is 0.133. The SMILES string of the molecule is COc1cc2c(cc1F)[nH]c(=S)n2Cc1ccc(Br)cc1. The third-order valence-electron chi connectivity index (χ3n) is 3.30. The Morgan fingerprint density at radius 3 is 2.67 bits per heavy atom. The van der Waals surface area contributed by atoms with Gasteiger partial charge in [-0.05, 0) is 29.9 Å². The van der Waals surface area contributed by atoms with Gasteiger partial charge in [0.2, 0.25) is 0 Å². The first-order valence-corrected chi connectivity index (χ1v) is 7.49. The van der Waals surface area contributed by atoms with Crippen molar-refractivity contribution in [3.63, 3.8) is 0 Å². The van der Waals surface area contributed by atoms with Crippen LogP contribution in [0.2, 0.25) is 0 Å². The van der Waals surface area contributed by atoms with Crippen LogP contribution in [-0.4, -0.2) is 16.7 Å². The maximum Gasteiger partial charge on any atom is 0.178 e. The van der Waals surface area contributed by atoms with Crippen LogP contribution in [-0.2, 0) is 6.54 Å². The average molecular weight is 367 g/mol. The van der Waals surface area contributed by atoms with Gasteiger partial charge in [-0.15, -0.1) is 0 Å². The second kappa shape index (κ2) is 5.61. The maximum absolute atomic E-state index is 13.7. The lowest BCUT2D eigenvalue weighted by atomic mass is 10.2. The van der Waals surface area contributed by atoms with E-state index in [9.17, 15) is 4.39 Å². The number of halogens is 2. The summed E-state index contributed by atoms with van der Waals surface area (Å²) in [5.74, 6) is -0.196. The highest BCUT2D eigenvalue weighted by Crippen LogP contribution is 2.25. The second-order valence-electron chi connectivity index (χ2n) is 4.65. The summed E-state index contributed by atoms with van der Waals surface area (Å²) in [7, 11) is 1.45. The number of methoxy groups -OCH3 is 1. The molecule has 0 saturated heterocycles. The van der Waals surface area contributed by atoms with E-state index in [1.54, 1.807) is 6.07 Å². The van der Waals surface area contributed by atoms with Crippen LogP contribution in [0.25, 0.3) is 11.0 Å². The maximum atomic E-state index is 13.7. The van der Waals surface area contributed by atoms with Crippen LogP contribution in [0.15, 0.2) is 40.9 Å². The van der Waals surface area contributed by atoms with Gasteiger partial charge in [-0.25, -0.2) is 4.39 Å². The van der Waals surface area contributed by atoms with E-state index in [1.165, 1.54) is 13.2 Å². The molecule has 3 nitrogen and oxygen atoms in total. The van der Waals surface area contributed by atoms with E-state index in [0.717, 1.165) is 15.6 Å². The van der Waals surface area contributed by atoms with Crippen molar-refractivity contribution in [3.05, 3.63) is 57.0 Å². The van der Waals surface area contributed by atoms with Crippen molar-refractivity contribution in [2.24, 2.45) is 0 Å². The van der Waals surface area contributed by atoms with E-state index in [-0.39, 0.29) is 5.75 Å². The highest BCUT2D eigenvalue weighted by Gasteiger charge is 2.11. The third-order valence-corrected chi connectivity index (χ3v) is 4.15. The number of aromatic nitrogens is 2. The zero-order valence-electron chi connectivity index (χ0n) is 11.2. The molecular formula is C15H12BrFN2OS. The molecule has 0 atom stereocenters. The molecule has 2 aromatic carbocycles. The summed E-state index contributed by atoms with van der Waals surface area (Å²) in [5, 5.41) is 0. The number of H-pyrrole nitrogens is 1. The first kappa shape index (κ1) is 14.3. The molecule has 1 aromatic heterocycles. The van der Waals surface area contributed by atoms with Crippen LogP contribution in [0, 0.1) is 10.6 Å². The van der Waals surface area contributed by atoms with Crippen molar-refractivity contribution in [2.75, 3.05) is 7.11 Å². The Hall–Kier alpha value is -1.66. The standard InChI is InChI=1S/C15H12BrFN2OS/c1-20-14-7-13-12(6-11(14)17)18-15(21)19(13)8-9-2-4-10(16)5-3-9/h2-7H,8H2,1H3,(H,18,21). The van der Waals surface area contributed by atoms with Crippen molar-refractivity contribution in [1.29, 1.82) is 0 Å². The molecule has 0 bridgehead atoms. The van der Waals surface area contributed by atoms with Gasteiger partial charge in [0.05, 0.1) is 24.7 Å². The molecule has 0 saturated carbocycles. The molecule has 1 N–H and O–H groups in total. The first-order chi connectivity index (χ1) is 10.1. The fourth-order valence-electron chi connectivity index (χ4n) is 2.24. The number of nitrogens with one attached hydrogen (secondary N) is 1. The predicted molar refractivity (Wildman–Crippen MR) is 86.9 cm³/mol. The van der Waals surface area contributed by atoms with E-state index >= 15 is 0 Å². The molecule has 3 aromatic rings. The Bertz CT molecular complexity index is 854. The van der Waals surface area contributed by atoms with Crippen molar-refractivity contribution in [2.45, 2.75) is 6.54 Å². The highest BCUT2D eigenvalue weighted by molar-refractivity contribution is 9.10. The lowest BCUT2D eigenvalue weighted by Crippen LogP contribution is -2.00. The minimum atomic E-state index is -0.406. The van der Waals surface area contributed by atoms with Gasteiger partial charge in [0, 0.05) is 16.6 Å². The van der Waals surface area contributed by atoms with Gasteiger partial charge in [0.15, 0.2) is 16.3 Å². The Morgan fingerprint density at radius 2 is 2.00 bits per heavy atom. The predicted octanol–water partition coefficient (Wildman–Crippen LogP) is 4.66. The average Bonchev–Trinajstić information content (AvgIpc) is 2.75. The number of benzene rings is 2. The van der Waals surface area contributed by atoms with Crippen LogP contribution in [0.1, 0.15) is 5.56 Å². The third kappa shape index (κ3) is 2.73. The summed E-state index contributed by atoms with van der Waals surface area (Å²) < 4.78 is 22.3. The van der Waals surface area contributed by atoms with E-state index in [2.05, 4.69) is 20.9 Å². The highest BCUT2D eigenvalue weighted by atomic mass is 79.9. The fourth-order valence-corrected chi connectivity index (χ4v) is 2.78. The summed E-state index contributed by atoms with van der Waals surface area (Å²) in [4.78, 5) is 3.02. The van der Waals surface area contributed by atoms with Gasteiger partial charge in [0.1, 0.15) is 0 Å². The van der Waals surface area contributed by atoms with E-state index < -0.39 is 5.82 Å². The molecule has 0 aliphatic heterocycles. The number of aromatic amines is 1. The molecular weight excluding hydrogens is 355 g/mol. The molecule has 1 heterocycles. The van der Waals surface area contributed by atoms with Gasteiger partial charge in [-0.3, -0.25) is 0 Å². The molecule has 6 heteroatoms. The molecule has 0 unspecified atom stereocenters. The number of hydrogen-bond acceptors (Lipinski definition) is 2. The van der Waals surface area contributed by atoms with Crippen molar-refractivity contribution in [3.8, 4) is 5.75 Å². The normalized spacial score (nSPS) is 11.0.